The molecule has 1 fully saturated rings. The molecule has 0 aromatic heterocycles. The molecule has 3 nitrogen and oxygen atoms in total. The second-order valence-corrected chi connectivity index (χ2v) is 5.82. The normalized spacial score (nSPS) is 17.6. The third kappa shape index (κ3) is 4.44. The fourth-order valence-corrected chi connectivity index (χ4v) is 2.82. The van der Waals surface area contributed by atoms with Crippen molar-refractivity contribution in [3.05, 3.63) is 34.9 Å². The predicted octanol–water partition coefficient (Wildman–Crippen LogP) is 1.84. The molecule has 0 atom stereocenters. The molecular formula is C16H24N2O. The number of hydrogen-bond donors (Lipinski definition) is 1. The third-order valence-electron chi connectivity index (χ3n) is 3.71. The number of Topliss-reactive ketones (excluding diaryl/α,β-unsaturated/α-hetero) is 1. The summed E-state index contributed by atoms with van der Waals surface area (Å²) in [4.78, 5) is 14.3. The van der Waals surface area contributed by atoms with E-state index >= 15 is 0 Å². The summed E-state index contributed by atoms with van der Waals surface area (Å²) in [6, 6.07) is 6.68. The summed E-state index contributed by atoms with van der Waals surface area (Å²) in [6.07, 6.45) is 2.57. The number of carbonyl (C=O) groups excluding carboxylic acids is 1. The van der Waals surface area contributed by atoms with Crippen molar-refractivity contribution in [1.29, 1.82) is 0 Å². The van der Waals surface area contributed by atoms with Crippen molar-refractivity contribution in [2.75, 3.05) is 19.6 Å². The van der Waals surface area contributed by atoms with Gasteiger partial charge in [-0.2, -0.15) is 0 Å². The van der Waals surface area contributed by atoms with Crippen LogP contribution in [0.15, 0.2) is 18.2 Å². The molecule has 0 radical (unpaired) electrons. The highest BCUT2D eigenvalue weighted by atomic mass is 16.1. The average molecular weight is 260 g/mol. The minimum absolute atomic E-state index is 0.306. The maximum atomic E-state index is 12.1. The van der Waals surface area contributed by atoms with Crippen molar-refractivity contribution in [3.8, 4) is 0 Å². The van der Waals surface area contributed by atoms with Crippen LogP contribution in [0.5, 0.6) is 0 Å². The summed E-state index contributed by atoms with van der Waals surface area (Å²) in [5.41, 5.74) is 9.47. The first-order valence-corrected chi connectivity index (χ1v) is 7.10. The summed E-state index contributed by atoms with van der Waals surface area (Å²) in [7, 11) is 0. The molecule has 0 spiro atoms. The molecule has 0 unspecified atom stereocenters. The number of ketones is 1. The largest absolute Gasteiger partial charge is 0.328 e. The summed E-state index contributed by atoms with van der Waals surface area (Å²) < 4.78 is 0. The smallest absolute Gasteiger partial charge is 0.151 e. The van der Waals surface area contributed by atoms with Gasteiger partial charge in [-0.15, -0.1) is 0 Å². The van der Waals surface area contributed by atoms with Crippen LogP contribution in [-0.4, -0.2) is 36.4 Å². The number of carbonyl (C=O) groups is 1. The number of nitrogens with zero attached hydrogens (tertiary/aromatic N) is 1. The van der Waals surface area contributed by atoms with Gasteiger partial charge in [0.2, 0.25) is 0 Å². The first kappa shape index (κ1) is 14.2. The lowest BCUT2D eigenvalue weighted by atomic mass is 10.0. The molecule has 1 aromatic carbocycles. The lowest BCUT2D eigenvalue weighted by Gasteiger charge is -2.29. The Morgan fingerprint density at radius 2 is 1.79 bits per heavy atom. The van der Waals surface area contributed by atoms with Gasteiger partial charge in [0.25, 0.3) is 0 Å². The van der Waals surface area contributed by atoms with Gasteiger partial charge in [0.05, 0.1) is 6.54 Å². The third-order valence-corrected chi connectivity index (χ3v) is 3.71. The first-order valence-electron chi connectivity index (χ1n) is 7.10. The standard InChI is InChI=1S/C16H24N2O/c1-12-7-13(2)9-14(8-12)10-16(19)11-18-5-3-15(17)4-6-18/h7-9,15H,3-6,10-11,17H2,1-2H3. The van der Waals surface area contributed by atoms with Crippen LogP contribution in [0.3, 0.4) is 0 Å². The molecule has 0 amide bonds. The lowest BCUT2D eigenvalue weighted by molar-refractivity contribution is -0.119. The van der Waals surface area contributed by atoms with E-state index in [1.165, 1.54) is 11.1 Å². The van der Waals surface area contributed by atoms with Gasteiger partial charge in [0.1, 0.15) is 0 Å². The molecule has 2 N–H and O–H groups in total. The van der Waals surface area contributed by atoms with Crippen molar-refractivity contribution in [2.45, 2.75) is 39.2 Å². The van der Waals surface area contributed by atoms with Crippen LogP contribution < -0.4 is 5.73 Å². The van der Waals surface area contributed by atoms with Crippen LogP contribution in [0, 0.1) is 13.8 Å². The van der Waals surface area contributed by atoms with E-state index in [-0.39, 0.29) is 0 Å². The molecule has 2 rings (SSSR count). The minimum atomic E-state index is 0.306. The Kier molecular flexibility index (Phi) is 4.72. The molecule has 1 heterocycles. The number of aryl methyl sites for hydroxylation is 2. The number of piperidine rings is 1. The van der Waals surface area contributed by atoms with Crippen LogP contribution in [-0.2, 0) is 11.2 Å². The number of benzene rings is 1. The lowest BCUT2D eigenvalue weighted by Crippen LogP contribution is -2.42. The van der Waals surface area contributed by atoms with Gasteiger partial charge in [0, 0.05) is 25.6 Å². The maximum Gasteiger partial charge on any atom is 0.151 e. The van der Waals surface area contributed by atoms with E-state index in [0.717, 1.165) is 31.5 Å². The molecule has 104 valence electrons. The second kappa shape index (κ2) is 6.31. The van der Waals surface area contributed by atoms with Gasteiger partial charge in [0.15, 0.2) is 5.78 Å². The van der Waals surface area contributed by atoms with E-state index in [0.29, 0.717) is 24.8 Å². The second-order valence-electron chi connectivity index (χ2n) is 5.82. The Bertz CT molecular complexity index is 428. The quantitative estimate of drug-likeness (QED) is 0.898. The Hall–Kier alpha value is -1.19. The molecular weight excluding hydrogens is 236 g/mol. The van der Waals surface area contributed by atoms with Crippen LogP contribution in [0.2, 0.25) is 0 Å². The van der Waals surface area contributed by atoms with E-state index in [1.54, 1.807) is 0 Å². The molecule has 1 saturated heterocycles. The van der Waals surface area contributed by atoms with Crippen molar-refractivity contribution in [3.63, 3.8) is 0 Å². The van der Waals surface area contributed by atoms with Crippen molar-refractivity contribution >= 4 is 5.78 Å². The topological polar surface area (TPSA) is 46.3 Å². The Labute approximate surface area is 115 Å². The Morgan fingerprint density at radius 3 is 2.37 bits per heavy atom. The molecule has 1 aliphatic heterocycles. The van der Waals surface area contributed by atoms with Crippen molar-refractivity contribution in [1.82, 2.24) is 4.90 Å². The van der Waals surface area contributed by atoms with Crippen molar-refractivity contribution in [2.24, 2.45) is 5.73 Å². The van der Waals surface area contributed by atoms with Crippen LogP contribution in [0.1, 0.15) is 29.5 Å². The summed E-state index contributed by atoms with van der Waals surface area (Å²) >= 11 is 0. The average Bonchev–Trinajstić information content (AvgIpc) is 2.30. The van der Waals surface area contributed by atoms with Gasteiger partial charge in [-0.1, -0.05) is 29.3 Å². The van der Waals surface area contributed by atoms with Crippen LogP contribution >= 0.6 is 0 Å². The van der Waals surface area contributed by atoms with E-state index < -0.39 is 0 Å². The van der Waals surface area contributed by atoms with Gasteiger partial charge < -0.3 is 5.73 Å². The SMILES string of the molecule is Cc1cc(C)cc(CC(=O)CN2CCC(N)CC2)c1. The number of hydrogen-bond acceptors (Lipinski definition) is 3. The Balaban J connectivity index is 1.87. The van der Waals surface area contributed by atoms with E-state index in [2.05, 4.69) is 36.9 Å². The fourth-order valence-electron chi connectivity index (χ4n) is 2.82. The highest BCUT2D eigenvalue weighted by molar-refractivity contribution is 5.82. The summed E-state index contributed by atoms with van der Waals surface area (Å²) in [6.45, 7) is 6.64. The van der Waals surface area contributed by atoms with Gasteiger partial charge >= 0.3 is 0 Å². The summed E-state index contributed by atoms with van der Waals surface area (Å²) in [5.74, 6) is 0.306. The highest BCUT2D eigenvalue weighted by Crippen LogP contribution is 2.11. The highest BCUT2D eigenvalue weighted by Gasteiger charge is 2.18. The summed E-state index contributed by atoms with van der Waals surface area (Å²) in [5, 5.41) is 0. The molecule has 1 aliphatic rings. The fraction of sp³-hybridized carbons (Fsp3) is 0.562. The van der Waals surface area contributed by atoms with E-state index in [4.69, 9.17) is 5.73 Å². The monoisotopic (exact) mass is 260 g/mol. The zero-order chi connectivity index (χ0) is 13.8. The zero-order valence-electron chi connectivity index (χ0n) is 12.0. The molecule has 3 heteroatoms. The number of likely N-dealkylation sites (tertiary alicyclic amines) is 1. The molecule has 1 aromatic rings. The molecule has 0 saturated carbocycles. The van der Waals surface area contributed by atoms with E-state index in [1.807, 2.05) is 0 Å². The number of rotatable bonds is 4. The first-order chi connectivity index (χ1) is 9.02. The van der Waals surface area contributed by atoms with Crippen LogP contribution in [0.25, 0.3) is 0 Å². The zero-order valence-corrected chi connectivity index (χ0v) is 12.0. The van der Waals surface area contributed by atoms with Crippen LogP contribution in [0.4, 0.5) is 0 Å². The Morgan fingerprint density at radius 1 is 1.21 bits per heavy atom. The van der Waals surface area contributed by atoms with Crippen molar-refractivity contribution < 1.29 is 4.79 Å². The predicted molar refractivity (Wildman–Crippen MR) is 78.3 cm³/mol. The molecule has 0 bridgehead atoms. The maximum absolute atomic E-state index is 12.1. The van der Waals surface area contributed by atoms with Gasteiger partial charge in [-0.05, 0) is 32.3 Å². The van der Waals surface area contributed by atoms with E-state index in [9.17, 15) is 4.79 Å². The molecule has 0 aliphatic carbocycles. The van der Waals surface area contributed by atoms with Gasteiger partial charge in [-0.3, -0.25) is 9.69 Å². The van der Waals surface area contributed by atoms with Gasteiger partial charge in [-0.25, -0.2) is 0 Å². The molecule has 19 heavy (non-hydrogen) atoms. The number of nitrogens with two attached hydrogens (primary N) is 1. The minimum Gasteiger partial charge on any atom is -0.328 e.